The fraction of sp³-hybridized carbons (Fsp3) is 0.471. The Morgan fingerprint density at radius 2 is 1.83 bits per heavy atom. The minimum absolute atomic E-state index is 0.184. The number of amides is 3. The van der Waals surface area contributed by atoms with Crippen LogP contribution in [0.15, 0.2) is 28.7 Å². The largest absolute Gasteiger partial charge is 0.324 e. The normalized spacial score (nSPS) is 25.2. The van der Waals surface area contributed by atoms with Crippen molar-refractivity contribution in [3.05, 3.63) is 28.7 Å². The van der Waals surface area contributed by atoms with Crippen LogP contribution in [0.3, 0.4) is 0 Å². The summed E-state index contributed by atoms with van der Waals surface area (Å²) in [5.74, 6) is -1.16. The van der Waals surface area contributed by atoms with Gasteiger partial charge in [-0.15, -0.1) is 0 Å². The number of benzene rings is 1. The Labute approximate surface area is 143 Å². The van der Waals surface area contributed by atoms with Crippen molar-refractivity contribution in [1.29, 1.82) is 0 Å². The highest BCUT2D eigenvalue weighted by atomic mass is 79.9. The summed E-state index contributed by atoms with van der Waals surface area (Å²) in [6, 6.07) is 6.42. The number of nitrogens with one attached hydrogen (secondary N) is 1. The summed E-state index contributed by atoms with van der Waals surface area (Å²) in [5, 5.41) is 2.77. The maximum atomic E-state index is 12.5. The van der Waals surface area contributed by atoms with Crippen LogP contribution in [-0.2, 0) is 14.4 Å². The predicted molar refractivity (Wildman–Crippen MR) is 89.5 cm³/mol. The highest BCUT2D eigenvalue weighted by molar-refractivity contribution is 9.10. The Hall–Kier alpha value is -1.69. The average molecular weight is 379 g/mol. The van der Waals surface area contributed by atoms with Gasteiger partial charge >= 0.3 is 0 Å². The Balaban J connectivity index is 1.74. The van der Waals surface area contributed by atoms with Crippen molar-refractivity contribution in [2.45, 2.75) is 38.6 Å². The van der Waals surface area contributed by atoms with E-state index in [1.165, 1.54) is 4.90 Å². The van der Waals surface area contributed by atoms with E-state index >= 15 is 0 Å². The van der Waals surface area contributed by atoms with Crippen molar-refractivity contribution < 1.29 is 14.4 Å². The highest BCUT2D eigenvalue weighted by Gasteiger charge is 2.50. The Morgan fingerprint density at radius 1 is 1.22 bits per heavy atom. The molecule has 5 nitrogen and oxygen atoms in total. The predicted octanol–water partition coefficient (Wildman–Crippen LogP) is 2.95. The van der Waals surface area contributed by atoms with Crippen LogP contribution in [0.2, 0.25) is 0 Å². The molecule has 1 heterocycles. The molecule has 3 atom stereocenters. The molecular weight excluding hydrogens is 360 g/mol. The second-order valence-corrected chi connectivity index (χ2v) is 7.14. The van der Waals surface area contributed by atoms with Gasteiger partial charge in [-0.1, -0.05) is 34.8 Å². The van der Waals surface area contributed by atoms with Crippen molar-refractivity contribution in [1.82, 2.24) is 4.90 Å². The maximum absolute atomic E-state index is 12.5. The van der Waals surface area contributed by atoms with Gasteiger partial charge in [-0.05, 0) is 38.0 Å². The monoisotopic (exact) mass is 378 g/mol. The van der Waals surface area contributed by atoms with Gasteiger partial charge < -0.3 is 5.32 Å². The summed E-state index contributed by atoms with van der Waals surface area (Å²) in [6.07, 6.45) is 3.47. The number of rotatable bonds is 3. The lowest BCUT2D eigenvalue weighted by atomic mass is 9.81. The molecule has 122 valence electrons. The summed E-state index contributed by atoms with van der Waals surface area (Å²) >= 11 is 3.35. The first-order valence-electron chi connectivity index (χ1n) is 7.92. The molecule has 0 radical (unpaired) electrons. The first kappa shape index (κ1) is 16.2. The van der Waals surface area contributed by atoms with E-state index in [0.29, 0.717) is 5.69 Å². The minimum atomic E-state index is -0.792. The second kappa shape index (κ2) is 6.43. The van der Waals surface area contributed by atoms with E-state index in [1.54, 1.807) is 19.1 Å². The van der Waals surface area contributed by atoms with Crippen LogP contribution in [0.25, 0.3) is 0 Å². The van der Waals surface area contributed by atoms with Gasteiger partial charge in [-0.3, -0.25) is 19.3 Å². The van der Waals surface area contributed by atoms with Gasteiger partial charge in [0.25, 0.3) is 0 Å². The van der Waals surface area contributed by atoms with Crippen LogP contribution in [0.5, 0.6) is 0 Å². The molecule has 1 aromatic carbocycles. The van der Waals surface area contributed by atoms with Gasteiger partial charge in [-0.25, -0.2) is 0 Å². The summed E-state index contributed by atoms with van der Waals surface area (Å²) in [6.45, 7) is 1.61. The second-order valence-electron chi connectivity index (χ2n) is 6.22. The molecule has 2 aliphatic rings. The third-order valence-corrected chi connectivity index (χ3v) is 5.23. The number of halogens is 1. The molecule has 6 heteroatoms. The van der Waals surface area contributed by atoms with Crippen LogP contribution in [0.4, 0.5) is 5.69 Å². The number of hydrogen-bond donors (Lipinski definition) is 1. The number of hydrogen-bond acceptors (Lipinski definition) is 3. The van der Waals surface area contributed by atoms with Crippen LogP contribution < -0.4 is 5.32 Å². The molecule has 1 aliphatic carbocycles. The van der Waals surface area contributed by atoms with Crippen molar-refractivity contribution in [2.24, 2.45) is 11.8 Å². The zero-order valence-corrected chi connectivity index (χ0v) is 14.5. The highest BCUT2D eigenvalue weighted by Crippen LogP contribution is 2.38. The zero-order chi connectivity index (χ0) is 16.6. The Kier molecular flexibility index (Phi) is 4.53. The lowest BCUT2D eigenvalue weighted by Crippen LogP contribution is -2.46. The summed E-state index contributed by atoms with van der Waals surface area (Å²) in [7, 11) is 0. The van der Waals surface area contributed by atoms with E-state index < -0.39 is 6.04 Å². The van der Waals surface area contributed by atoms with Crippen molar-refractivity contribution >= 4 is 39.3 Å². The molecule has 0 bridgehead atoms. The van der Waals surface area contributed by atoms with E-state index in [0.717, 1.165) is 30.2 Å². The number of carbonyl (C=O) groups is 3. The summed E-state index contributed by atoms with van der Waals surface area (Å²) in [5.41, 5.74) is 0.632. The molecule has 1 aliphatic heterocycles. The number of fused-ring (bicyclic) bond motifs is 1. The number of nitrogens with zero attached hydrogens (tertiary/aromatic N) is 1. The van der Waals surface area contributed by atoms with Gasteiger partial charge in [0, 0.05) is 10.2 Å². The Bertz CT molecular complexity index is 637. The first-order chi connectivity index (χ1) is 11.0. The molecule has 3 unspecified atom stereocenters. The maximum Gasteiger partial charge on any atom is 0.247 e. The Morgan fingerprint density at radius 3 is 2.39 bits per heavy atom. The number of carbonyl (C=O) groups excluding carboxylic acids is 3. The van der Waals surface area contributed by atoms with Crippen molar-refractivity contribution in [3.63, 3.8) is 0 Å². The topological polar surface area (TPSA) is 66.5 Å². The third-order valence-electron chi connectivity index (χ3n) is 4.73. The van der Waals surface area contributed by atoms with E-state index in [1.807, 2.05) is 12.1 Å². The van der Waals surface area contributed by atoms with Crippen LogP contribution in [0, 0.1) is 11.8 Å². The van der Waals surface area contributed by atoms with Gasteiger partial charge in [0.1, 0.15) is 6.04 Å². The molecule has 0 aromatic heterocycles. The van der Waals surface area contributed by atoms with E-state index in [4.69, 9.17) is 0 Å². The van der Waals surface area contributed by atoms with Gasteiger partial charge in [-0.2, -0.15) is 0 Å². The van der Waals surface area contributed by atoms with E-state index in [9.17, 15) is 14.4 Å². The summed E-state index contributed by atoms with van der Waals surface area (Å²) in [4.78, 5) is 38.6. The van der Waals surface area contributed by atoms with Crippen LogP contribution in [0.1, 0.15) is 32.6 Å². The molecule has 1 aromatic rings. The van der Waals surface area contributed by atoms with Crippen LogP contribution >= 0.6 is 15.9 Å². The molecule has 1 N–H and O–H groups in total. The average Bonchev–Trinajstić information content (AvgIpc) is 2.79. The zero-order valence-electron chi connectivity index (χ0n) is 12.9. The lowest BCUT2D eigenvalue weighted by Gasteiger charge is -2.22. The molecule has 2 fully saturated rings. The fourth-order valence-electron chi connectivity index (χ4n) is 3.50. The third kappa shape index (κ3) is 3.04. The molecule has 1 saturated carbocycles. The number of likely N-dealkylation sites (tertiary alicyclic amines) is 1. The number of imide groups is 1. The number of anilines is 1. The molecular formula is C17H19BrN2O3. The standard InChI is InChI=1S/C17H19BrN2O3/c1-10(15(21)19-12-6-4-5-11(18)9-12)20-16(22)13-7-2-3-8-14(13)17(20)23/h4-6,9-10,13-14H,2-3,7-8H2,1H3,(H,19,21). The lowest BCUT2D eigenvalue weighted by molar-refractivity contribution is -0.146. The molecule has 0 spiro atoms. The molecule has 23 heavy (non-hydrogen) atoms. The molecule has 1 saturated heterocycles. The van der Waals surface area contributed by atoms with Gasteiger partial charge in [0.15, 0.2) is 0 Å². The van der Waals surface area contributed by atoms with E-state index in [-0.39, 0.29) is 29.6 Å². The van der Waals surface area contributed by atoms with Gasteiger partial charge in [0.05, 0.1) is 11.8 Å². The van der Waals surface area contributed by atoms with E-state index in [2.05, 4.69) is 21.2 Å². The minimum Gasteiger partial charge on any atom is -0.324 e. The quantitative estimate of drug-likeness (QED) is 0.822. The van der Waals surface area contributed by atoms with Crippen LogP contribution in [-0.4, -0.2) is 28.7 Å². The first-order valence-corrected chi connectivity index (χ1v) is 8.71. The molecule has 3 amide bonds. The fourth-order valence-corrected chi connectivity index (χ4v) is 3.90. The van der Waals surface area contributed by atoms with Crippen molar-refractivity contribution in [3.8, 4) is 0 Å². The summed E-state index contributed by atoms with van der Waals surface area (Å²) < 4.78 is 0.849. The van der Waals surface area contributed by atoms with Gasteiger partial charge in [0.2, 0.25) is 17.7 Å². The molecule has 3 rings (SSSR count). The van der Waals surface area contributed by atoms with Crippen molar-refractivity contribution in [2.75, 3.05) is 5.32 Å². The SMILES string of the molecule is CC(C(=O)Nc1cccc(Br)c1)N1C(=O)C2CCCCC2C1=O. The smallest absolute Gasteiger partial charge is 0.247 e.